The van der Waals surface area contributed by atoms with Gasteiger partial charge in [0.2, 0.25) is 12.2 Å². The molecule has 94 valence electrons. The number of hydrogen-bond donors (Lipinski definition) is 0. The average molecular weight is 240 g/mol. The Balaban J connectivity index is 4.01. The molecule has 0 heterocycles. The maximum Gasteiger partial charge on any atom is 0.331 e. The van der Waals surface area contributed by atoms with Gasteiger partial charge in [-0.25, -0.2) is 19.4 Å². The van der Waals surface area contributed by atoms with E-state index in [1.54, 1.807) is 0 Å². The molecule has 0 spiro atoms. The Hall–Kier alpha value is -1.77. The third kappa shape index (κ3) is 8.08. The second-order valence-corrected chi connectivity index (χ2v) is 3.37. The van der Waals surface area contributed by atoms with Crippen LogP contribution < -0.4 is 0 Å². The molecule has 0 bridgehead atoms. The highest BCUT2D eigenvalue weighted by atomic mass is 16.5. The van der Waals surface area contributed by atoms with Crippen molar-refractivity contribution in [3.63, 3.8) is 0 Å². The van der Waals surface area contributed by atoms with Gasteiger partial charge in [-0.05, 0) is 25.7 Å². The number of carbonyl (C=O) groups excluding carboxylic acids is 3. The highest BCUT2D eigenvalue weighted by Crippen LogP contribution is 2.07. The predicted molar refractivity (Wildman–Crippen MR) is 60.0 cm³/mol. The molecule has 6 heteroatoms. The summed E-state index contributed by atoms with van der Waals surface area (Å²) in [7, 11) is 0. The zero-order chi connectivity index (χ0) is 12.9. The number of hydrogen-bond acceptors (Lipinski definition) is 6. The lowest BCUT2D eigenvalue weighted by Gasteiger charge is -2.09. The minimum absolute atomic E-state index is 0.319. The molecule has 0 aromatic carbocycles. The standard InChI is InChI=1S/C11H16N2O4/c1-2-7-17-11(16)10(13-9-15)5-3-4-6-12-8-14/h10H,2-7H2,1H3. The Morgan fingerprint density at radius 1 is 1.29 bits per heavy atom. The molecular weight excluding hydrogens is 224 g/mol. The van der Waals surface area contributed by atoms with Crippen LogP contribution in [0.5, 0.6) is 0 Å². The van der Waals surface area contributed by atoms with E-state index in [1.807, 2.05) is 6.92 Å². The minimum atomic E-state index is -0.792. The largest absolute Gasteiger partial charge is 0.464 e. The molecular formula is C11H16N2O4. The molecule has 17 heavy (non-hydrogen) atoms. The molecule has 0 saturated carbocycles. The van der Waals surface area contributed by atoms with Crippen molar-refractivity contribution in [3.8, 4) is 0 Å². The van der Waals surface area contributed by atoms with Crippen LogP contribution in [0.15, 0.2) is 9.98 Å². The van der Waals surface area contributed by atoms with Crippen molar-refractivity contribution < 1.29 is 19.1 Å². The van der Waals surface area contributed by atoms with Gasteiger partial charge in [-0.15, -0.1) is 0 Å². The molecule has 0 aliphatic rings. The Kier molecular flexibility index (Phi) is 9.62. The van der Waals surface area contributed by atoms with Gasteiger partial charge in [0.05, 0.1) is 13.2 Å². The fourth-order valence-electron chi connectivity index (χ4n) is 1.17. The maximum absolute atomic E-state index is 11.4. The lowest BCUT2D eigenvalue weighted by molar-refractivity contribution is -0.145. The van der Waals surface area contributed by atoms with Gasteiger partial charge in [0, 0.05) is 0 Å². The zero-order valence-corrected chi connectivity index (χ0v) is 9.85. The van der Waals surface area contributed by atoms with E-state index in [2.05, 4.69) is 9.98 Å². The molecule has 6 nitrogen and oxygen atoms in total. The number of ether oxygens (including phenoxy) is 1. The van der Waals surface area contributed by atoms with E-state index in [9.17, 15) is 14.4 Å². The van der Waals surface area contributed by atoms with Crippen LogP contribution in [0, 0.1) is 0 Å². The van der Waals surface area contributed by atoms with Crippen molar-refractivity contribution in [2.75, 3.05) is 13.2 Å². The van der Waals surface area contributed by atoms with Gasteiger partial charge in [-0.1, -0.05) is 6.92 Å². The second kappa shape index (κ2) is 10.7. The predicted octanol–water partition coefficient (Wildman–Crippen LogP) is 1.15. The third-order valence-corrected chi connectivity index (χ3v) is 1.99. The number of esters is 1. The SMILES string of the molecule is CCCOC(=O)C(CCCCN=C=O)N=C=O. The van der Waals surface area contributed by atoms with E-state index in [1.165, 1.54) is 12.2 Å². The summed E-state index contributed by atoms with van der Waals surface area (Å²) < 4.78 is 4.89. The van der Waals surface area contributed by atoms with E-state index in [0.29, 0.717) is 32.4 Å². The second-order valence-electron chi connectivity index (χ2n) is 3.37. The average Bonchev–Trinajstić information content (AvgIpc) is 2.34. The fourth-order valence-corrected chi connectivity index (χ4v) is 1.17. The van der Waals surface area contributed by atoms with Crippen LogP contribution in [-0.2, 0) is 19.1 Å². The van der Waals surface area contributed by atoms with Gasteiger partial charge in [-0.2, -0.15) is 4.99 Å². The Morgan fingerprint density at radius 2 is 2.06 bits per heavy atom. The number of carbonyl (C=O) groups is 1. The first-order chi connectivity index (χ1) is 8.26. The van der Waals surface area contributed by atoms with Crippen LogP contribution in [0.1, 0.15) is 32.6 Å². The molecule has 0 aromatic rings. The fraction of sp³-hybridized carbons (Fsp3) is 0.727. The van der Waals surface area contributed by atoms with Crippen LogP contribution >= 0.6 is 0 Å². The normalized spacial score (nSPS) is 10.9. The lowest BCUT2D eigenvalue weighted by Crippen LogP contribution is -2.22. The summed E-state index contributed by atoms with van der Waals surface area (Å²) in [6, 6.07) is -0.792. The smallest absolute Gasteiger partial charge is 0.331 e. The summed E-state index contributed by atoms with van der Waals surface area (Å²) in [5, 5.41) is 0. The molecule has 0 radical (unpaired) electrons. The molecule has 1 atom stereocenters. The number of isocyanates is 2. The van der Waals surface area contributed by atoms with E-state index < -0.39 is 12.0 Å². The first-order valence-electron chi connectivity index (χ1n) is 5.53. The molecule has 1 unspecified atom stereocenters. The lowest BCUT2D eigenvalue weighted by atomic mass is 10.1. The van der Waals surface area contributed by atoms with E-state index >= 15 is 0 Å². The van der Waals surface area contributed by atoms with Crippen LogP contribution in [0.2, 0.25) is 0 Å². The molecule has 0 aliphatic carbocycles. The third-order valence-electron chi connectivity index (χ3n) is 1.99. The van der Waals surface area contributed by atoms with Crippen LogP contribution in [0.4, 0.5) is 0 Å². The van der Waals surface area contributed by atoms with E-state index in [4.69, 9.17) is 4.74 Å². The molecule has 0 N–H and O–H groups in total. The van der Waals surface area contributed by atoms with Gasteiger partial charge < -0.3 is 4.74 Å². The quantitative estimate of drug-likeness (QED) is 0.262. The molecule has 0 aromatic heterocycles. The Labute approximate surface area is 99.8 Å². The first kappa shape index (κ1) is 15.2. The summed E-state index contributed by atoms with van der Waals surface area (Å²) in [5.41, 5.74) is 0. The number of nitrogens with zero attached hydrogens (tertiary/aromatic N) is 2. The molecule has 0 rings (SSSR count). The van der Waals surface area contributed by atoms with E-state index in [-0.39, 0.29) is 0 Å². The summed E-state index contributed by atoms with van der Waals surface area (Å²) in [6.07, 6.45) is 5.18. The van der Waals surface area contributed by atoms with Crippen LogP contribution in [0.25, 0.3) is 0 Å². The van der Waals surface area contributed by atoms with Gasteiger partial charge in [-0.3, -0.25) is 0 Å². The number of aliphatic imine (C=N–C) groups is 2. The van der Waals surface area contributed by atoms with Crippen molar-refractivity contribution in [1.82, 2.24) is 0 Å². The molecule has 0 aliphatic heterocycles. The molecule has 0 saturated heterocycles. The highest BCUT2D eigenvalue weighted by Gasteiger charge is 2.18. The zero-order valence-electron chi connectivity index (χ0n) is 9.85. The van der Waals surface area contributed by atoms with Crippen molar-refractivity contribution in [3.05, 3.63) is 0 Å². The topological polar surface area (TPSA) is 85.2 Å². The summed E-state index contributed by atoms with van der Waals surface area (Å²) >= 11 is 0. The molecule has 0 amide bonds. The van der Waals surface area contributed by atoms with Crippen molar-refractivity contribution >= 4 is 18.1 Å². The van der Waals surface area contributed by atoms with Crippen molar-refractivity contribution in [1.29, 1.82) is 0 Å². The highest BCUT2D eigenvalue weighted by molar-refractivity contribution is 5.76. The van der Waals surface area contributed by atoms with Crippen LogP contribution in [0.3, 0.4) is 0 Å². The van der Waals surface area contributed by atoms with Crippen LogP contribution in [-0.4, -0.2) is 37.3 Å². The summed E-state index contributed by atoms with van der Waals surface area (Å²) in [5.74, 6) is -0.505. The Morgan fingerprint density at radius 3 is 2.65 bits per heavy atom. The number of rotatable bonds is 9. The van der Waals surface area contributed by atoms with Gasteiger partial charge in [0.25, 0.3) is 0 Å². The maximum atomic E-state index is 11.4. The number of unbranched alkanes of at least 4 members (excludes halogenated alkanes) is 1. The van der Waals surface area contributed by atoms with Gasteiger partial charge >= 0.3 is 5.97 Å². The minimum Gasteiger partial charge on any atom is -0.464 e. The Bertz CT molecular complexity index is 317. The summed E-state index contributed by atoms with van der Waals surface area (Å²) in [6.45, 7) is 2.56. The van der Waals surface area contributed by atoms with Gasteiger partial charge in [0.1, 0.15) is 0 Å². The van der Waals surface area contributed by atoms with Crippen molar-refractivity contribution in [2.45, 2.75) is 38.6 Å². The monoisotopic (exact) mass is 240 g/mol. The van der Waals surface area contributed by atoms with Crippen molar-refractivity contribution in [2.24, 2.45) is 9.98 Å². The molecule has 0 fully saturated rings. The summed E-state index contributed by atoms with van der Waals surface area (Å²) in [4.78, 5) is 38.2. The first-order valence-corrected chi connectivity index (χ1v) is 5.53. The van der Waals surface area contributed by atoms with Gasteiger partial charge in [0.15, 0.2) is 6.04 Å². The van der Waals surface area contributed by atoms with E-state index in [0.717, 1.165) is 6.42 Å².